The summed E-state index contributed by atoms with van der Waals surface area (Å²) in [5.41, 5.74) is 2.74. The summed E-state index contributed by atoms with van der Waals surface area (Å²) in [5.74, 6) is 1.07. The second-order valence-electron chi connectivity index (χ2n) is 6.84. The lowest BCUT2D eigenvalue weighted by atomic mass is 9.95. The third-order valence-corrected chi connectivity index (χ3v) is 5.60. The van der Waals surface area contributed by atoms with E-state index in [0.29, 0.717) is 0 Å². The van der Waals surface area contributed by atoms with Gasteiger partial charge in [-0.1, -0.05) is 40.2 Å². The fraction of sp³-hybridized carbons (Fsp3) is 0.238. The zero-order valence-electron chi connectivity index (χ0n) is 14.6. The quantitative estimate of drug-likeness (QED) is 0.665. The SMILES string of the molecule is Cc1nccn1Cc1ccc(NC(=O)C2(c3ccc(Br)cc3)CC2)cc1. The molecule has 1 saturated carbocycles. The van der Waals surface area contributed by atoms with Gasteiger partial charge in [0, 0.05) is 29.1 Å². The van der Waals surface area contributed by atoms with Crippen molar-refractivity contribution in [2.24, 2.45) is 0 Å². The van der Waals surface area contributed by atoms with E-state index in [0.717, 1.165) is 40.9 Å². The van der Waals surface area contributed by atoms with Gasteiger partial charge >= 0.3 is 0 Å². The van der Waals surface area contributed by atoms with Crippen LogP contribution < -0.4 is 5.32 Å². The Hall–Kier alpha value is -2.40. The molecule has 4 nitrogen and oxygen atoms in total. The summed E-state index contributed by atoms with van der Waals surface area (Å²) in [6, 6.07) is 16.1. The number of halogens is 1. The Kier molecular flexibility index (Phi) is 4.41. The molecule has 0 aliphatic heterocycles. The van der Waals surface area contributed by atoms with Gasteiger partial charge in [0.15, 0.2) is 0 Å². The summed E-state index contributed by atoms with van der Waals surface area (Å²) >= 11 is 3.45. The van der Waals surface area contributed by atoms with Gasteiger partial charge in [-0.3, -0.25) is 4.79 Å². The van der Waals surface area contributed by atoms with Gasteiger partial charge in [0.25, 0.3) is 0 Å². The number of aromatic nitrogens is 2. The number of carbonyl (C=O) groups excluding carboxylic acids is 1. The molecule has 1 N–H and O–H groups in total. The van der Waals surface area contributed by atoms with Crippen LogP contribution in [0.5, 0.6) is 0 Å². The standard InChI is InChI=1S/C21H20BrN3O/c1-15-23-12-13-25(15)14-16-2-8-19(9-3-16)24-20(26)21(10-11-21)17-4-6-18(22)7-5-17/h2-9,12-13H,10-11,14H2,1H3,(H,24,26). The van der Waals surface area contributed by atoms with Gasteiger partial charge in [-0.05, 0) is 55.2 Å². The third-order valence-electron chi connectivity index (χ3n) is 5.07. The molecule has 5 heteroatoms. The molecule has 0 bridgehead atoms. The van der Waals surface area contributed by atoms with E-state index in [9.17, 15) is 4.79 Å². The lowest BCUT2D eigenvalue weighted by Gasteiger charge is -2.16. The molecule has 26 heavy (non-hydrogen) atoms. The Morgan fingerprint density at radius 1 is 1.15 bits per heavy atom. The molecule has 0 atom stereocenters. The predicted molar refractivity (Wildman–Crippen MR) is 106 cm³/mol. The molecule has 0 spiro atoms. The van der Waals surface area contributed by atoms with Crippen molar-refractivity contribution in [1.29, 1.82) is 0 Å². The number of nitrogens with one attached hydrogen (secondary N) is 1. The van der Waals surface area contributed by atoms with Gasteiger partial charge < -0.3 is 9.88 Å². The van der Waals surface area contributed by atoms with E-state index in [4.69, 9.17) is 0 Å². The number of nitrogens with zero attached hydrogens (tertiary/aromatic N) is 2. The zero-order valence-corrected chi connectivity index (χ0v) is 16.2. The van der Waals surface area contributed by atoms with Gasteiger partial charge in [-0.25, -0.2) is 4.98 Å². The number of benzene rings is 2. The van der Waals surface area contributed by atoms with Crippen molar-refractivity contribution >= 4 is 27.5 Å². The molecule has 0 unspecified atom stereocenters. The average Bonchev–Trinajstić information content (AvgIpc) is 3.36. The highest BCUT2D eigenvalue weighted by Gasteiger charge is 2.51. The number of carbonyl (C=O) groups is 1. The molecule has 1 fully saturated rings. The molecule has 132 valence electrons. The molecule has 1 heterocycles. The fourth-order valence-corrected chi connectivity index (χ4v) is 3.52. The van der Waals surface area contributed by atoms with Crippen molar-refractivity contribution < 1.29 is 4.79 Å². The summed E-state index contributed by atoms with van der Waals surface area (Å²) in [7, 11) is 0. The Labute approximate surface area is 161 Å². The van der Waals surface area contributed by atoms with Gasteiger partial charge in [0.05, 0.1) is 5.41 Å². The number of hydrogen-bond donors (Lipinski definition) is 1. The Morgan fingerprint density at radius 3 is 2.42 bits per heavy atom. The molecule has 1 amide bonds. The van der Waals surface area contributed by atoms with E-state index in [-0.39, 0.29) is 11.3 Å². The van der Waals surface area contributed by atoms with E-state index in [2.05, 4.69) is 30.8 Å². The highest BCUT2D eigenvalue weighted by Crippen LogP contribution is 2.49. The smallest absolute Gasteiger partial charge is 0.235 e. The van der Waals surface area contributed by atoms with Crippen molar-refractivity contribution in [3.63, 3.8) is 0 Å². The van der Waals surface area contributed by atoms with Crippen LogP contribution in [0.2, 0.25) is 0 Å². The Morgan fingerprint density at radius 2 is 1.85 bits per heavy atom. The highest BCUT2D eigenvalue weighted by molar-refractivity contribution is 9.10. The maximum atomic E-state index is 12.8. The van der Waals surface area contributed by atoms with Gasteiger partial charge in [0.2, 0.25) is 5.91 Å². The first-order valence-corrected chi connectivity index (χ1v) is 9.50. The average molecular weight is 410 g/mol. The van der Waals surface area contributed by atoms with Crippen LogP contribution in [0.4, 0.5) is 5.69 Å². The molecule has 1 aliphatic carbocycles. The van der Waals surface area contributed by atoms with Crippen LogP contribution in [0.1, 0.15) is 29.8 Å². The number of hydrogen-bond acceptors (Lipinski definition) is 2. The van der Waals surface area contributed by atoms with Crippen molar-refractivity contribution in [3.8, 4) is 0 Å². The summed E-state index contributed by atoms with van der Waals surface area (Å²) < 4.78 is 3.13. The minimum atomic E-state index is -0.368. The molecule has 1 aliphatic rings. The molecule has 4 rings (SSSR count). The summed E-state index contributed by atoms with van der Waals surface area (Å²) in [6.07, 6.45) is 5.58. The molecule has 2 aromatic carbocycles. The van der Waals surface area contributed by atoms with E-state index < -0.39 is 0 Å². The monoisotopic (exact) mass is 409 g/mol. The van der Waals surface area contributed by atoms with Crippen LogP contribution in [-0.4, -0.2) is 15.5 Å². The fourth-order valence-electron chi connectivity index (χ4n) is 3.25. The van der Waals surface area contributed by atoms with Crippen LogP contribution in [0.3, 0.4) is 0 Å². The van der Waals surface area contributed by atoms with E-state index in [1.54, 1.807) is 6.20 Å². The number of amides is 1. The topological polar surface area (TPSA) is 46.9 Å². The normalized spacial score (nSPS) is 14.8. The molecule has 3 aromatic rings. The summed E-state index contributed by atoms with van der Waals surface area (Å²) in [6.45, 7) is 2.77. The van der Waals surface area contributed by atoms with E-state index in [1.807, 2.05) is 61.7 Å². The summed E-state index contributed by atoms with van der Waals surface area (Å²) in [5, 5.41) is 3.09. The van der Waals surface area contributed by atoms with Gasteiger partial charge in [-0.15, -0.1) is 0 Å². The number of aryl methyl sites for hydroxylation is 1. The molecule has 1 aromatic heterocycles. The summed E-state index contributed by atoms with van der Waals surface area (Å²) in [4.78, 5) is 17.1. The Balaban J connectivity index is 1.45. The molecule has 0 radical (unpaired) electrons. The van der Waals surface area contributed by atoms with Crippen LogP contribution in [0.15, 0.2) is 65.4 Å². The second kappa shape index (κ2) is 6.72. The van der Waals surface area contributed by atoms with E-state index in [1.165, 1.54) is 5.56 Å². The van der Waals surface area contributed by atoms with Crippen LogP contribution in [-0.2, 0) is 16.8 Å². The minimum absolute atomic E-state index is 0.0815. The maximum Gasteiger partial charge on any atom is 0.235 e. The Bertz CT molecular complexity index is 925. The van der Waals surface area contributed by atoms with Crippen LogP contribution in [0, 0.1) is 6.92 Å². The highest BCUT2D eigenvalue weighted by atomic mass is 79.9. The first kappa shape index (κ1) is 17.0. The molecular weight excluding hydrogens is 390 g/mol. The first-order chi connectivity index (χ1) is 12.6. The molecular formula is C21H20BrN3O. The third kappa shape index (κ3) is 3.31. The predicted octanol–water partition coefficient (Wildman–Crippen LogP) is 4.67. The van der Waals surface area contributed by atoms with E-state index >= 15 is 0 Å². The number of rotatable bonds is 5. The lowest BCUT2D eigenvalue weighted by molar-refractivity contribution is -0.118. The van der Waals surface area contributed by atoms with Crippen molar-refractivity contribution in [1.82, 2.24) is 9.55 Å². The molecule has 0 saturated heterocycles. The van der Waals surface area contributed by atoms with Crippen LogP contribution in [0.25, 0.3) is 0 Å². The largest absolute Gasteiger partial charge is 0.331 e. The van der Waals surface area contributed by atoms with Crippen LogP contribution >= 0.6 is 15.9 Å². The maximum absolute atomic E-state index is 12.8. The first-order valence-electron chi connectivity index (χ1n) is 8.71. The number of imidazole rings is 1. The minimum Gasteiger partial charge on any atom is -0.331 e. The number of anilines is 1. The van der Waals surface area contributed by atoms with Crippen molar-refractivity contribution in [2.75, 3.05) is 5.32 Å². The van der Waals surface area contributed by atoms with Crippen molar-refractivity contribution in [3.05, 3.63) is 82.3 Å². The second-order valence-corrected chi connectivity index (χ2v) is 7.76. The lowest BCUT2D eigenvalue weighted by Crippen LogP contribution is -2.27. The van der Waals surface area contributed by atoms with Gasteiger partial charge in [-0.2, -0.15) is 0 Å². The van der Waals surface area contributed by atoms with Crippen molar-refractivity contribution in [2.45, 2.75) is 31.7 Å². The van der Waals surface area contributed by atoms with Gasteiger partial charge in [0.1, 0.15) is 5.82 Å². The zero-order chi connectivity index (χ0) is 18.1.